The van der Waals surface area contributed by atoms with Crippen LogP contribution in [-0.2, 0) is 17.9 Å². The molecule has 0 atom stereocenters. The molecule has 0 saturated heterocycles. The number of anilines is 1. The van der Waals surface area contributed by atoms with Crippen molar-refractivity contribution in [1.82, 2.24) is 14.1 Å². The highest BCUT2D eigenvalue weighted by atomic mass is 79.9. The zero-order valence-corrected chi connectivity index (χ0v) is 23.0. The van der Waals surface area contributed by atoms with Gasteiger partial charge in [0.25, 0.3) is 11.5 Å². The minimum Gasteiger partial charge on any atom is -0.478 e. The Labute approximate surface area is 223 Å². The van der Waals surface area contributed by atoms with Gasteiger partial charge in [0.15, 0.2) is 5.60 Å². The third kappa shape index (κ3) is 5.56. The fourth-order valence-electron chi connectivity index (χ4n) is 4.16. The Morgan fingerprint density at radius 2 is 1.59 bits per heavy atom. The maximum atomic E-state index is 13.0. The first-order chi connectivity index (χ1) is 17.6. The fourth-order valence-corrected chi connectivity index (χ4v) is 4.43. The zero-order chi connectivity index (χ0) is 26.7. The van der Waals surface area contributed by atoms with Crippen LogP contribution in [0.4, 0.5) is 5.69 Å². The Hall–Kier alpha value is -3.59. The maximum Gasteiger partial charge on any atom is 0.331 e. The van der Waals surface area contributed by atoms with Crippen LogP contribution in [0.1, 0.15) is 40.5 Å². The van der Waals surface area contributed by atoms with E-state index in [1.165, 1.54) is 4.57 Å². The summed E-state index contributed by atoms with van der Waals surface area (Å²) in [5.74, 6) is 0.260. The molecule has 2 aromatic heterocycles. The van der Waals surface area contributed by atoms with Crippen molar-refractivity contribution in [2.45, 2.75) is 59.2 Å². The smallest absolute Gasteiger partial charge is 0.331 e. The number of benzene rings is 2. The second-order valence-corrected chi connectivity index (χ2v) is 10.3. The topological polar surface area (TPSA) is 98.1 Å². The number of carbonyl (C=O) groups excluding carboxylic acids is 1. The molecule has 1 amide bonds. The van der Waals surface area contributed by atoms with E-state index in [0.29, 0.717) is 42.0 Å². The lowest BCUT2D eigenvalue weighted by atomic mass is 10.1. The average molecular weight is 567 g/mol. The predicted molar refractivity (Wildman–Crippen MR) is 150 cm³/mol. The minimum atomic E-state index is -1.11. The lowest BCUT2D eigenvalue weighted by Gasteiger charge is -2.25. The summed E-state index contributed by atoms with van der Waals surface area (Å²) in [5, 5.41) is 2.87. The number of amides is 1. The van der Waals surface area contributed by atoms with Gasteiger partial charge in [-0.15, -0.1) is 0 Å². The molecule has 2 aromatic carbocycles. The van der Waals surface area contributed by atoms with Crippen LogP contribution in [0.5, 0.6) is 5.75 Å². The second-order valence-electron chi connectivity index (χ2n) is 9.43. The lowest BCUT2D eigenvalue weighted by molar-refractivity contribution is -0.128. The molecule has 2 N–H and O–H groups in total. The molecule has 4 aromatic rings. The molecule has 8 nitrogen and oxygen atoms in total. The summed E-state index contributed by atoms with van der Waals surface area (Å²) in [5.41, 5.74) is 1.56. The summed E-state index contributed by atoms with van der Waals surface area (Å²) in [6.07, 6.45) is 1.47. The number of ether oxygens (including phenoxy) is 1. The van der Waals surface area contributed by atoms with Crippen LogP contribution in [0.15, 0.2) is 68.7 Å². The zero-order valence-electron chi connectivity index (χ0n) is 21.4. The average Bonchev–Trinajstić information content (AvgIpc) is 3.31. The van der Waals surface area contributed by atoms with Crippen molar-refractivity contribution >= 4 is 38.6 Å². The van der Waals surface area contributed by atoms with E-state index < -0.39 is 5.60 Å². The number of aromatic nitrogens is 3. The molecular weight excluding hydrogens is 536 g/mol. The summed E-state index contributed by atoms with van der Waals surface area (Å²) in [6, 6.07) is 16.4. The van der Waals surface area contributed by atoms with Crippen molar-refractivity contribution in [3.8, 4) is 17.0 Å². The Balaban J connectivity index is 1.59. The summed E-state index contributed by atoms with van der Waals surface area (Å²) < 4.78 is 9.90. The van der Waals surface area contributed by atoms with Crippen molar-refractivity contribution in [1.29, 1.82) is 0 Å². The number of carbonyl (C=O) groups is 1. The SMILES string of the molecule is CCCn1c(=O)c2[nH]c(-c3ccc(OC(C)(C)C(=O)Nc4ccc(Br)cc4)cc3)cc2n(CCC)c1=O. The monoisotopic (exact) mass is 566 g/mol. The first-order valence-corrected chi connectivity index (χ1v) is 13.2. The van der Waals surface area contributed by atoms with E-state index in [9.17, 15) is 14.4 Å². The van der Waals surface area contributed by atoms with E-state index in [4.69, 9.17) is 4.74 Å². The number of fused-ring (bicyclic) bond motifs is 1. The summed E-state index contributed by atoms with van der Waals surface area (Å²) in [4.78, 5) is 42.0. The third-order valence-corrected chi connectivity index (χ3v) is 6.62. The molecule has 0 saturated carbocycles. The van der Waals surface area contributed by atoms with E-state index >= 15 is 0 Å². The van der Waals surface area contributed by atoms with Gasteiger partial charge in [-0.05, 0) is 86.8 Å². The molecule has 2 heterocycles. The number of hydrogen-bond acceptors (Lipinski definition) is 4. The van der Waals surface area contributed by atoms with E-state index in [1.807, 2.05) is 56.3 Å². The fraction of sp³-hybridized carbons (Fsp3) is 0.321. The van der Waals surface area contributed by atoms with Gasteiger partial charge in [0.2, 0.25) is 0 Å². The van der Waals surface area contributed by atoms with Gasteiger partial charge < -0.3 is 15.0 Å². The van der Waals surface area contributed by atoms with Crippen molar-refractivity contribution < 1.29 is 9.53 Å². The van der Waals surface area contributed by atoms with Gasteiger partial charge in [0, 0.05) is 28.9 Å². The molecule has 0 aliphatic carbocycles. The predicted octanol–water partition coefficient (Wildman–Crippen LogP) is 5.54. The Morgan fingerprint density at radius 1 is 0.973 bits per heavy atom. The van der Waals surface area contributed by atoms with Gasteiger partial charge >= 0.3 is 5.69 Å². The number of halogens is 1. The highest BCUT2D eigenvalue weighted by Gasteiger charge is 2.30. The van der Waals surface area contributed by atoms with Gasteiger partial charge in [-0.3, -0.25) is 18.7 Å². The lowest BCUT2D eigenvalue weighted by Crippen LogP contribution is -2.42. The second kappa shape index (κ2) is 10.8. The van der Waals surface area contributed by atoms with Crippen LogP contribution in [0.3, 0.4) is 0 Å². The Morgan fingerprint density at radius 3 is 2.22 bits per heavy atom. The first kappa shape index (κ1) is 26.5. The Kier molecular flexibility index (Phi) is 7.73. The van der Waals surface area contributed by atoms with Crippen LogP contribution < -0.4 is 21.3 Å². The molecule has 0 spiro atoms. The molecule has 9 heteroatoms. The normalized spacial score (nSPS) is 11.6. The molecule has 4 rings (SSSR count). The molecule has 37 heavy (non-hydrogen) atoms. The number of nitrogens with one attached hydrogen (secondary N) is 2. The van der Waals surface area contributed by atoms with Crippen LogP contribution in [0, 0.1) is 0 Å². The molecule has 0 radical (unpaired) electrons. The molecule has 0 aliphatic heterocycles. The van der Waals surface area contributed by atoms with Crippen LogP contribution >= 0.6 is 15.9 Å². The summed E-state index contributed by atoms with van der Waals surface area (Å²) in [7, 11) is 0. The molecular formula is C28H31BrN4O4. The standard InChI is InChI=1S/C28H31BrN4O4/c1-5-15-32-23-17-22(31-24(23)25(34)33(16-6-2)27(32)36)18-7-13-21(14-8-18)37-28(3,4)26(35)30-20-11-9-19(29)10-12-20/h7-14,17,31H,5-6,15-16H2,1-4H3,(H,30,35). The van der Waals surface area contributed by atoms with Crippen LogP contribution in [0.2, 0.25) is 0 Å². The van der Waals surface area contributed by atoms with Crippen molar-refractivity contribution in [2.75, 3.05) is 5.32 Å². The molecule has 194 valence electrons. The van der Waals surface area contributed by atoms with Crippen molar-refractivity contribution in [3.05, 3.63) is 79.9 Å². The third-order valence-electron chi connectivity index (χ3n) is 6.09. The first-order valence-electron chi connectivity index (χ1n) is 12.4. The summed E-state index contributed by atoms with van der Waals surface area (Å²) >= 11 is 3.38. The minimum absolute atomic E-state index is 0.272. The van der Waals surface area contributed by atoms with E-state index in [1.54, 1.807) is 30.5 Å². The van der Waals surface area contributed by atoms with E-state index in [2.05, 4.69) is 26.2 Å². The number of H-pyrrole nitrogens is 1. The van der Waals surface area contributed by atoms with Gasteiger partial charge in [0.05, 0.1) is 5.52 Å². The van der Waals surface area contributed by atoms with Gasteiger partial charge in [-0.25, -0.2) is 4.79 Å². The number of hydrogen-bond donors (Lipinski definition) is 2. The van der Waals surface area contributed by atoms with Crippen LogP contribution in [0.25, 0.3) is 22.3 Å². The molecule has 0 fully saturated rings. The quantitative estimate of drug-likeness (QED) is 0.278. The maximum absolute atomic E-state index is 13.0. The van der Waals surface area contributed by atoms with Gasteiger partial charge in [-0.1, -0.05) is 29.8 Å². The van der Waals surface area contributed by atoms with Crippen LogP contribution in [-0.4, -0.2) is 25.6 Å². The highest BCUT2D eigenvalue weighted by molar-refractivity contribution is 9.10. The molecule has 0 aliphatic rings. The van der Waals surface area contributed by atoms with E-state index in [0.717, 1.165) is 22.2 Å². The largest absolute Gasteiger partial charge is 0.478 e. The number of nitrogens with zero attached hydrogens (tertiary/aromatic N) is 2. The van der Waals surface area contributed by atoms with Crippen molar-refractivity contribution in [2.24, 2.45) is 0 Å². The summed E-state index contributed by atoms with van der Waals surface area (Å²) in [6.45, 7) is 8.27. The van der Waals surface area contributed by atoms with Gasteiger partial charge in [-0.2, -0.15) is 0 Å². The van der Waals surface area contributed by atoms with E-state index in [-0.39, 0.29) is 17.2 Å². The number of aryl methyl sites for hydroxylation is 1. The number of rotatable bonds is 9. The highest BCUT2D eigenvalue weighted by Crippen LogP contribution is 2.27. The Bertz CT molecular complexity index is 1530. The molecule has 0 bridgehead atoms. The number of aromatic amines is 1. The van der Waals surface area contributed by atoms with Gasteiger partial charge in [0.1, 0.15) is 11.3 Å². The van der Waals surface area contributed by atoms with Crippen molar-refractivity contribution in [3.63, 3.8) is 0 Å². The molecule has 0 unspecified atom stereocenters.